The number of carbonyl (C=O) groups excluding carboxylic acids is 1. The molecule has 134 valence electrons. The van der Waals surface area contributed by atoms with E-state index in [-0.39, 0.29) is 16.8 Å². The zero-order valence-electron chi connectivity index (χ0n) is 13.8. The second kappa shape index (κ2) is 7.62. The molecule has 3 rings (SSSR count). The fourth-order valence-corrected chi connectivity index (χ4v) is 3.55. The zero-order valence-corrected chi connectivity index (χ0v) is 15.5. The Kier molecular flexibility index (Phi) is 5.28. The zero-order chi connectivity index (χ0) is 18.7. The number of nitrogens with one attached hydrogen (secondary N) is 1. The Labute approximate surface area is 156 Å². The number of non-ortho nitro benzene ring substituents is 1. The Morgan fingerprint density at radius 3 is 2.96 bits per heavy atom. The highest BCUT2D eigenvalue weighted by atomic mass is 32.2. The van der Waals surface area contributed by atoms with Crippen molar-refractivity contribution >= 4 is 39.8 Å². The van der Waals surface area contributed by atoms with Gasteiger partial charge < -0.3 is 9.88 Å². The number of rotatable bonds is 6. The van der Waals surface area contributed by atoms with Gasteiger partial charge in [0.25, 0.3) is 5.69 Å². The number of nitro benzene ring substituents is 1. The Bertz CT molecular complexity index is 954. The van der Waals surface area contributed by atoms with Crippen molar-refractivity contribution in [1.29, 1.82) is 0 Å². The van der Waals surface area contributed by atoms with Crippen molar-refractivity contribution < 1.29 is 9.72 Å². The summed E-state index contributed by atoms with van der Waals surface area (Å²) in [6.45, 7) is 1.77. The molecular weight excluding hydrogens is 376 g/mol. The molecule has 0 aliphatic heterocycles. The van der Waals surface area contributed by atoms with Gasteiger partial charge in [-0.2, -0.15) is 0 Å². The van der Waals surface area contributed by atoms with Gasteiger partial charge in [-0.15, -0.1) is 21.5 Å². The molecule has 3 aromatic rings. The first kappa shape index (κ1) is 18.0. The normalized spacial score (nSPS) is 11.9. The lowest BCUT2D eigenvalue weighted by molar-refractivity contribution is -0.384. The van der Waals surface area contributed by atoms with Crippen LogP contribution in [0.25, 0.3) is 11.3 Å². The molecule has 0 aliphatic rings. The van der Waals surface area contributed by atoms with E-state index >= 15 is 0 Å². The summed E-state index contributed by atoms with van der Waals surface area (Å²) in [5.74, 6) is -0.210. The van der Waals surface area contributed by atoms with Gasteiger partial charge in [0.2, 0.25) is 5.91 Å². The van der Waals surface area contributed by atoms with E-state index in [9.17, 15) is 14.9 Å². The third kappa shape index (κ3) is 4.06. The van der Waals surface area contributed by atoms with Crippen LogP contribution >= 0.6 is 23.1 Å². The minimum atomic E-state index is -0.454. The molecule has 1 aromatic carbocycles. The molecule has 1 unspecified atom stereocenters. The molecule has 11 heteroatoms. The first-order chi connectivity index (χ1) is 12.4. The molecule has 0 aliphatic carbocycles. The Balaban J connectivity index is 1.68. The van der Waals surface area contributed by atoms with Crippen LogP contribution in [0.1, 0.15) is 6.92 Å². The summed E-state index contributed by atoms with van der Waals surface area (Å²) >= 11 is 2.55. The van der Waals surface area contributed by atoms with Crippen molar-refractivity contribution in [3.05, 3.63) is 46.1 Å². The van der Waals surface area contributed by atoms with E-state index in [1.807, 2.05) is 0 Å². The van der Waals surface area contributed by atoms with Gasteiger partial charge in [0, 0.05) is 30.1 Å². The number of nitrogens with zero attached hydrogens (tertiary/aromatic N) is 5. The van der Waals surface area contributed by atoms with Crippen LogP contribution in [-0.2, 0) is 11.8 Å². The van der Waals surface area contributed by atoms with E-state index in [1.54, 1.807) is 42.4 Å². The number of carbonyl (C=O) groups is 1. The van der Waals surface area contributed by atoms with Gasteiger partial charge in [-0.3, -0.25) is 14.9 Å². The lowest BCUT2D eigenvalue weighted by Crippen LogP contribution is -2.22. The number of benzene rings is 1. The first-order valence-corrected chi connectivity index (χ1v) is 9.22. The molecule has 0 spiro atoms. The van der Waals surface area contributed by atoms with Gasteiger partial charge in [0.05, 0.1) is 15.9 Å². The molecule has 2 heterocycles. The van der Waals surface area contributed by atoms with Gasteiger partial charge in [-0.1, -0.05) is 23.9 Å². The summed E-state index contributed by atoms with van der Waals surface area (Å²) in [5, 5.41) is 23.8. The van der Waals surface area contributed by atoms with Crippen molar-refractivity contribution in [2.75, 3.05) is 5.32 Å². The average Bonchev–Trinajstić information content (AvgIpc) is 3.24. The number of aryl methyl sites for hydroxylation is 1. The molecule has 9 nitrogen and oxygen atoms in total. The van der Waals surface area contributed by atoms with Crippen LogP contribution in [0.4, 0.5) is 10.8 Å². The van der Waals surface area contributed by atoms with Gasteiger partial charge in [0.15, 0.2) is 10.3 Å². The van der Waals surface area contributed by atoms with E-state index in [1.165, 1.54) is 35.2 Å². The fraction of sp³-hybridized carbons (Fsp3) is 0.200. The summed E-state index contributed by atoms with van der Waals surface area (Å²) in [5.41, 5.74) is 1.19. The van der Waals surface area contributed by atoms with Gasteiger partial charge in [-0.25, -0.2) is 4.98 Å². The second-order valence-corrected chi connectivity index (χ2v) is 7.49. The van der Waals surface area contributed by atoms with Crippen molar-refractivity contribution in [2.45, 2.75) is 17.3 Å². The van der Waals surface area contributed by atoms with Crippen LogP contribution < -0.4 is 5.32 Å². The fourth-order valence-electron chi connectivity index (χ4n) is 2.04. The minimum absolute atomic E-state index is 0.00483. The van der Waals surface area contributed by atoms with Crippen molar-refractivity contribution in [1.82, 2.24) is 19.7 Å². The molecule has 0 saturated carbocycles. The summed E-state index contributed by atoms with van der Waals surface area (Å²) in [4.78, 5) is 27.1. The van der Waals surface area contributed by atoms with Crippen molar-refractivity contribution in [3.8, 4) is 11.3 Å². The minimum Gasteiger partial charge on any atom is -0.312 e. The van der Waals surface area contributed by atoms with Crippen LogP contribution in [0.15, 0.2) is 41.1 Å². The number of thioether (sulfide) groups is 1. The SMILES string of the molecule is CC(Sc1nncn1C)C(=O)Nc1nc(-c2cccc([N+](=O)[O-])c2)cs1. The smallest absolute Gasteiger partial charge is 0.270 e. The summed E-state index contributed by atoms with van der Waals surface area (Å²) in [6.07, 6.45) is 1.57. The number of hydrogen-bond acceptors (Lipinski definition) is 8. The van der Waals surface area contributed by atoms with Gasteiger partial charge in [0.1, 0.15) is 6.33 Å². The van der Waals surface area contributed by atoms with E-state index in [0.29, 0.717) is 21.5 Å². The molecule has 0 saturated heterocycles. The Hall–Kier alpha value is -2.79. The predicted molar refractivity (Wildman–Crippen MR) is 99.2 cm³/mol. The van der Waals surface area contributed by atoms with Crippen LogP contribution in [0.5, 0.6) is 0 Å². The number of thiazole rings is 1. The highest BCUT2D eigenvalue weighted by molar-refractivity contribution is 8.00. The molecule has 0 fully saturated rings. The van der Waals surface area contributed by atoms with Crippen molar-refractivity contribution in [2.24, 2.45) is 7.05 Å². The maximum Gasteiger partial charge on any atom is 0.270 e. The molecular formula is C15H14N6O3S2. The van der Waals surface area contributed by atoms with E-state index < -0.39 is 4.92 Å². The van der Waals surface area contributed by atoms with Crippen LogP contribution in [0, 0.1) is 10.1 Å². The molecule has 0 bridgehead atoms. The number of anilines is 1. The van der Waals surface area contributed by atoms with Gasteiger partial charge in [-0.05, 0) is 6.92 Å². The number of hydrogen-bond donors (Lipinski definition) is 1. The summed E-state index contributed by atoms with van der Waals surface area (Å²) in [7, 11) is 1.80. The summed E-state index contributed by atoms with van der Waals surface area (Å²) < 4.78 is 1.73. The number of nitro groups is 1. The number of aromatic nitrogens is 4. The lowest BCUT2D eigenvalue weighted by atomic mass is 10.1. The quantitative estimate of drug-likeness (QED) is 0.391. The largest absolute Gasteiger partial charge is 0.312 e. The molecule has 0 radical (unpaired) electrons. The van der Waals surface area contributed by atoms with Crippen molar-refractivity contribution in [3.63, 3.8) is 0 Å². The molecule has 1 amide bonds. The van der Waals surface area contributed by atoms with E-state index in [4.69, 9.17) is 0 Å². The topological polar surface area (TPSA) is 116 Å². The summed E-state index contributed by atoms with van der Waals surface area (Å²) in [6, 6.07) is 6.21. The van der Waals surface area contributed by atoms with E-state index in [2.05, 4.69) is 20.5 Å². The maximum atomic E-state index is 12.3. The Morgan fingerprint density at radius 1 is 1.46 bits per heavy atom. The van der Waals surface area contributed by atoms with Crippen LogP contribution in [-0.4, -0.2) is 35.8 Å². The third-order valence-corrected chi connectivity index (χ3v) is 5.31. The molecule has 26 heavy (non-hydrogen) atoms. The highest BCUT2D eigenvalue weighted by Gasteiger charge is 2.19. The maximum absolute atomic E-state index is 12.3. The monoisotopic (exact) mass is 390 g/mol. The molecule has 2 aromatic heterocycles. The van der Waals surface area contributed by atoms with Crippen LogP contribution in [0.3, 0.4) is 0 Å². The molecule has 1 atom stereocenters. The van der Waals surface area contributed by atoms with Crippen LogP contribution in [0.2, 0.25) is 0 Å². The lowest BCUT2D eigenvalue weighted by Gasteiger charge is -2.09. The number of amides is 1. The standard InChI is InChI=1S/C15H14N6O3S2/c1-9(26-15-19-16-8-20(15)2)13(22)18-14-17-12(7-25-14)10-4-3-5-11(6-10)21(23)24/h3-9H,1-2H3,(H,17,18,22). The molecule has 1 N–H and O–H groups in total. The average molecular weight is 390 g/mol. The van der Waals surface area contributed by atoms with E-state index in [0.717, 1.165) is 0 Å². The first-order valence-electron chi connectivity index (χ1n) is 7.46. The highest BCUT2D eigenvalue weighted by Crippen LogP contribution is 2.28. The third-order valence-electron chi connectivity index (χ3n) is 3.41. The predicted octanol–water partition coefficient (Wildman–Crippen LogP) is 2.97. The Morgan fingerprint density at radius 2 is 2.27 bits per heavy atom. The second-order valence-electron chi connectivity index (χ2n) is 5.32. The van der Waals surface area contributed by atoms with Gasteiger partial charge >= 0.3 is 0 Å².